The van der Waals surface area contributed by atoms with Crippen molar-refractivity contribution in [3.05, 3.63) is 102 Å². The van der Waals surface area contributed by atoms with Gasteiger partial charge in [-0.1, -0.05) is 18.9 Å². The van der Waals surface area contributed by atoms with Crippen molar-refractivity contribution in [2.45, 2.75) is 141 Å². The number of aliphatic hydroxyl groups excluding tert-OH is 3. The molecule has 484 valence electrons. The van der Waals surface area contributed by atoms with E-state index in [-0.39, 0.29) is 36.3 Å². The molecule has 1 unspecified atom stereocenters. The molecule has 89 heavy (non-hydrogen) atoms. The lowest BCUT2D eigenvalue weighted by molar-refractivity contribution is -0.688. The summed E-state index contributed by atoms with van der Waals surface area (Å²) in [6, 6.07) is 13.4. The van der Waals surface area contributed by atoms with Crippen molar-refractivity contribution in [1.29, 1.82) is 0 Å². The number of carboxylic acid groups (broad SMARTS) is 2. The Morgan fingerprint density at radius 1 is 0.798 bits per heavy atom. The number of imide groups is 1. The number of rotatable bonds is 22. The van der Waals surface area contributed by atoms with E-state index in [1.54, 1.807) is 107 Å². The molecule has 1 aromatic heterocycles. The molecule has 30 heteroatoms. The number of pyridine rings is 1. The first-order valence-corrected chi connectivity index (χ1v) is 28.1. The number of piperidine rings is 1. The molecule has 2 saturated heterocycles. The van der Waals surface area contributed by atoms with Gasteiger partial charge in [-0.15, -0.1) is 0 Å². The van der Waals surface area contributed by atoms with E-state index in [1.165, 1.54) is 18.2 Å². The maximum Gasteiger partial charge on any atom is 0.430 e. The Kier molecular flexibility index (Phi) is 25.3. The third-order valence-electron chi connectivity index (χ3n) is 13.2. The molecule has 6 rings (SSSR count). The molecule has 6 atom stereocenters. The summed E-state index contributed by atoms with van der Waals surface area (Å²) in [5.74, 6) is -7.91. The number of likely N-dealkylation sites (tertiary alicyclic amines) is 1. The molecule has 3 aromatic rings. The van der Waals surface area contributed by atoms with Gasteiger partial charge in [0, 0.05) is 79.3 Å². The highest BCUT2D eigenvalue weighted by Gasteiger charge is 2.48. The van der Waals surface area contributed by atoms with Crippen molar-refractivity contribution in [2.75, 3.05) is 43.4 Å². The number of carbonyl (C=O) groups is 10. The summed E-state index contributed by atoms with van der Waals surface area (Å²) in [4.78, 5) is 126. The predicted octanol–water partition coefficient (Wildman–Crippen LogP) is 2.05. The van der Waals surface area contributed by atoms with Crippen molar-refractivity contribution >= 4 is 77.0 Å². The van der Waals surface area contributed by atoms with Crippen LogP contribution in [0.4, 0.5) is 34.1 Å². The number of anilines is 2. The standard InChI is InChI=1S/C57H72N8O17.C2HF3O2/c1-56(2,3)81-54(77)60-31-40(65-44(68)19-20-45(65)69)50(73)59-25-21-43(67)62-39-29-36(15-17-41(39)79-53-48(72)46(70)47(71)49(80-53)52(75)76)33-63-26-10-12-35(32-63)16-18-42(66)58-24-8-7-11-34-22-27-64(28-23-34)51(74)37-13-9-14-38(30-37)61-55(78)82-57(4,5)6;3-2(4,5)1(6)7/h9-10,12-20,26,29-30,32,34,40,46-49,53,70-72H,7-8,11,21-25,27-28,31,33H2,1-6H3,(H5-,58,59,60,61,62,66,67,73,75,76,77,78);(H,6,7)/b18-16+;/t40?,46-,47-,48+,49-,53+;/m0./s1. The molecular formula is C59H73F3N8O19. The molecule has 0 bridgehead atoms. The van der Waals surface area contributed by atoms with Crippen LogP contribution < -0.4 is 41.0 Å². The zero-order chi connectivity index (χ0) is 66.0. The lowest BCUT2D eigenvalue weighted by Gasteiger charge is -2.38. The number of hydrogen-bond donors (Lipinski definition) is 9. The molecule has 2 aromatic carbocycles. The highest BCUT2D eigenvalue weighted by atomic mass is 19.4. The van der Waals surface area contributed by atoms with Crippen molar-refractivity contribution in [1.82, 2.24) is 25.8 Å². The number of nitrogens with one attached hydrogen (secondary N) is 5. The number of ether oxygens (including phenoxy) is 4. The van der Waals surface area contributed by atoms with E-state index in [0.29, 0.717) is 52.8 Å². The van der Waals surface area contributed by atoms with E-state index in [1.807, 2.05) is 4.90 Å². The first-order valence-electron chi connectivity index (χ1n) is 28.1. The SMILES string of the molecule is CC(C)(C)OC(=O)NCC(C(=O)NCCC(=O)Nc1cc(C[n+]2cccc(/C=C/C(=O)NCCCCC3CCN(C(=O)c4cccc(NC(=O)OC(C)(C)C)c4)CC3)c2)ccc1O[C@@H]1O[C@H](C(=O)O)[C@@H](O)[C@H](O)[C@H]1O)N1C(=O)C=CC1=O.O=C([O-])C(F)(F)F. The molecule has 4 heterocycles. The second-order valence-corrected chi connectivity index (χ2v) is 22.7. The van der Waals surface area contributed by atoms with Gasteiger partial charge in [-0.25, -0.2) is 19.0 Å². The summed E-state index contributed by atoms with van der Waals surface area (Å²) < 4.78 is 55.0. The molecule has 2 fully saturated rings. The average Bonchev–Trinajstić information content (AvgIpc) is 1.67. The highest BCUT2D eigenvalue weighted by molar-refractivity contribution is 6.15. The van der Waals surface area contributed by atoms with Gasteiger partial charge in [0.2, 0.25) is 24.0 Å². The molecular weight excluding hydrogens is 1180 g/mol. The second-order valence-electron chi connectivity index (χ2n) is 22.7. The largest absolute Gasteiger partial charge is 0.542 e. The predicted molar refractivity (Wildman–Crippen MR) is 304 cm³/mol. The maximum atomic E-state index is 13.5. The third-order valence-corrected chi connectivity index (χ3v) is 13.2. The molecule has 0 aliphatic carbocycles. The normalized spacial score (nSPS) is 19.1. The number of carbonyl (C=O) groups excluding carboxylic acids is 9. The van der Waals surface area contributed by atoms with E-state index < -0.39 is 115 Å². The van der Waals surface area contributed by atoms with Gasteiger partial charge in [0.1, 0.15) is 47.3 Å². The number of unbranched alkanes of at least 4 members (excludes halogenated alkanes) is 1. The number of alkyl halides is 3. The van der Waals surface area contributed by atoms with Gasteiger partial charge in [-0.3, -0.25) is 39.0 Å². The van der Waals surface area contributed by atoms with Crippen molar-refractivity contribution in [2.24, 2.45) is 5.92 Å². The number of hydrogen-bond acceptors (Lipinski definition) is 18. The van der Waals surface area contributed by atoms with Crippen molar-refractivity contribution < 1.29 is 110 Å². The quantitative estimate of drug-likeness (QED) is 0.0301. The lowest BCUT2D eigenvalue weighted by Crippen LogP contribution is -2.61. The molecule has 3 aliphatic heterocycles. The summed E-state index contributed by atoms with van der Waals surface area (Å²) in [6.07, 6.45) is -3.93. The fraction of sp³-hybridized carbons (Fsp3) is 0.475. The molecule has 0 saturated carbocycles. The van der Waals surface area contributed by atoms with Gasteiger partial charge in [-0.2, -0.15) is 13.2 Å². The Morgan fingerprint density at radius 3 is 2.08 bits per heavy atom. The third kappa shape index (κ3) is 22.9. The van der Waals surface area contributed by atoms with Crippen molar-refractivity contribution in [3.63, 3.8) is 0 Å². The maximum absolute atomic E-state index is 13.5. The van der Waals surface area contributed by atoms with E-state index in [0.717, 1.165) is 44.3 Å². The number of nitrogens with zero attached hydrogens (tertiary/aromatic N) is 3. The Balaban J connectivity index is 0.00000194. The monoisotopic (exact) mass is 1250 g/mol. The van der Waals surface area contributed by atoms with E-state index in [4.69, 9.17) is 28.8 Å². The van der Waals surface area contributed by atoms with Crippen LogP contribution in [0.5, 0.6) is 5.75 Å². The minimum Gasteiger partial charge on any atom is -0.542 e. The van der Waals surface area contributed by atoms with Crippen LogP contribution in [0.1, 0.15) is 102 Å². The fourth-order valence-corrected chi connectivity index (χ4v) is 9.00. The number of aliphatic carboxylic acids is 2. The number of aliphatic hydroxyl groups is 3. The minimum absolute atomic E-state index is 0.0168. The van der Waals surface area contributed by atoms with Crippen LogP contribution in [0.25, 0.3) is 6.08 Å². The Hall–Kier alpha value is -9.00. The van der Waals surface area contributed by atoms with Crippen LogP contribution in [0, 0.1) is 5.92 Å². The van der Waals surface area contributed by atoms with Gasteiger partial charge in [0.25, 0.3) is 17.7 Å². The summed E-state index contributed by atoms with van der Waals surface area (Å²) in [5, 5.41) is 62.9. The lowest BCUT2D eigenvalue weighted by atomic mass is 9.91. The Morgan fingerprint density at radius 2 is 1.45 bits per heavy atom. The number of amides is 8. The van der Waals surface area contributed by atoms with Crippen LogP contribution in [-0.2, 0) is 54.3 Å². The van der Waals surface area contributed by atoms with Gasteiger partial charge in [0.05, 0.1) is 12.2 Å². The minimum atomic E-state index is -5.19. The molecule has 0 spiro atoms. The average molecular weight is 1260 g/mol. The number of benzene rings is 2. The van der Waals surface area contributed by atoms with E-state index in [9.17, 15) is 76.7 Å². The van der Waals surface area contributed by atoms with Crippen LogP contribution >= 0.6 is 0 Å². The number of carboxylic acids is 2. The summed E-state index contributed by atoms with van der Waals surface area (Å²) in [5.41, 5.74) is 0.653. The van der Waals surface area contributed by atoms with Crippen LogP contribution in [0.15, 0.2) is 85.2 Å². The van der Waals surface area contributed by atoms with Gasteiger partial charge >= 0.3 is 24.3 Å². The first-order chi connectivity index (χ1) is 41.7. The number of halogens is 3. The van der Waals surface area contributed by atoms with Gasteiger partial charge in [-0.05, 0) is 115 Å². The van der Waals surface area contributed by atoms with Crippen LogP contribution in [0.3, 0.4) is 0 Å². The summed E-state index contributed by atoms with van der Waals surface area (Å²) >= 11 is 0. The summed E-state index contributed by atoms with van der Waals surface area (Å²) in [6.45, 7) is 11.2. The van der Waals surface area contributed by atoms with E-state index >= 15 is 0 Å². The fourth-order valence-electron chi connectivity index (χ4n) is 9.00. The molecule has 8 amide bonds. The smallest absolute Gasteiger partial charge is 0.430 e. The van der Waals surface area contributed by atoms with Crippen LogP contribution in [0.2, 0.25) is 0 Å². The Bertz CT molecular complexity index is 3100. The molecule has 0 radical (unpaired) electrons. The number of aromatic nitrogens is 1. The van der Waals surface area contributed by atoms with E-state index in [2.05, 4.69) is 26.6 Å². The molecule has 27 nitrogen and oxygen atoms in total. The highest BCUT2D eigenvalue weighted by Crippen LogP contribution is 2.32. The topological polar surface area (TPSA) is 382 Å². The first kappa shape index (κ1) is 70.8. The van der Waals surface area contributed by atoms with Gasteiger partial charge < -0.3 is 75.4 Å². The number of alkyl carbamates (subject to hydrolysis) is 1. The zero-order valence-electron chi connectivity index (χ0n) is 49.6. The Labute approximate surface area is 509 Å². The van der Waals surface area contributed by atoms with Crippen molar-refractivity contribution in [3.8, 4) is 5.75 Å². The molecule has 3 aliphatic rings. The molecule has 9 N–H and O–H groups in total. The second kappa shape index (κ2) is 31.8. The van der Waals surface area contributed by atoms with Crippen LogP contribution in [-0.4, -0.2) is 177 Å². The van der Waals surface area contributed by atoms with Gasteiger partial charge in [0.15, 0.2) is 25.0 Å². The zero-order valence-corrected chi connectivity index (χ0v) is 49.6. The summed E-state index contributed by atoms with van der Waals surface area (Å²) in [7, 11) is 0.